The maximum Gasteiger partial charge on any atom is 0.416 e. The molecule has 2 aromatic carbocycles. The van der Waals surface area contributed by atoms with E-state index in [4.69, 9.17) is 4.74 Å². The van der Waals surface area contributed by atoms with Crippen molar-refractivity contribution in [2.75, 3.05) is 5.32 Å². The lowest BCUT2D eigenvalue weighted by atomic mass is 9.88. The summed E-state index contributed by atoms with van der Waals surface area (Å²) in [6.07, 6.45) is -2.43. The van der Waals surface area contributed by atoms with Crippen LogP contribution in [0.3, 0.4) is 0 Å². The lowest BCUT2D eigenvalue weighted by Crippen LogP contribution is -2.41. The Bertz CT molecular complexity index is 871. The minimum absolute atomic E-state index is 0.0195. The summed E-state index contributed by atoms with van der Waals surface area (Å²) in [7, 11) is 0. The third-order valence-corrected chi connectivity index (χ3v) is 4.66. The van der Waals surface area contributed by atoms with Gasteiger partial charge in [-0.3, -0.25) is 0 Å². The molecule has 0 saturated carbocycles. The van der Waals surface area contributed by atoms with Crippen molar-refractivity contribution in [3.8, 4) is 0 Å². The lowest BCUT2D eigenvalue weighted by Gasteiger charge is -2.27. The monoisotopic (exact) mass is 406 g/mol. The van der Waals surface area contributed by atoms with Crippen molar-refractivity contribution < 1.29 is 22.7 Å². The van der Waals surface area contributed by atoms with E-state index in [1.165, 1.54) is 17.7 Å². The van der Waals surface area contributed by atoms with E-state index in [2.05, 4.69) is 10.6 Å². The van der Waals surface area contributed by atoms with E-state index in [1.54, 1.807) is 0 Å². The van der Waals surface area contributed by atoms with Gasteiger partial charge in [0.1, 0.15) is 5.60 Å². The number of anilines is 2. The van der Waals surface area contributed by atoms with Crippen LogP contribution in [0.1, 0.15) is 43.9 Å². The number of carbonyl (C=O) groups excluding carboxylic acids is 1. The number of aryl methyl sites for hydroxylation is 1. The zero-order chi connectivity index (χ0) is 21.2. The third-order valence-electron chi connectivity index (χ3n) is 4.66. The maximum absolute atomic E-state index is 12.7. The van der Waals surface area contributed by atoms with Crippen LogP contribution in [0.25, 0.3) is 0 Å². The number of rotatable bonds is 3. The zero-order valence-corrected chi connectivity index (χ0v) is 16.7. The molecule has 0 spiro atoms. The number of halogens is 3. The molecule has 7 heteroatoms. The molecule has 1 unspecified atom stereocenters. The predicted molar refractivity (Wildman–Crippen MR) is 106 cm³/mol. The van der Waals surface area contributed by atoms with E-state index in [9.17, 15) is 18.0 Å². The standard InChI is InChI=1S/C22H25F3N2O2/c1-21(2,3)29-20(28)27-19-9-5-14-12-18(8-4-15(14)13-19)26-17-10-6-16(7-11-17)22(23,24)25/h4,6-8,10-12,19,26H,5,9,13H2,1-3H3,(H,27,28). The maximum atomic E-state index is 12.7. The SMILES string of the molecule is CC(C)(C)OC(=O)NC1CCc2cc(Nc3ccc(C(F)(F)F)cc3)ccc2C1. The molecule has 2 N–H and O–H groups in total. The van der Waals surface area contributed by atoms with Gasteiger partial charge in [-0.15, -0.1) is 0 Å². The third kappa shape index (κ3) is 5.89. The number of carbonyl (C=O) groups is 1. The second-order valence-corrected chi connectivity index (χ2v) is 8.27. The van der Waals surface area contributed by atoms with E-state index in [-0.39, 0.29) is 6.04 Å². The molecule has 0 fully saturated rings. The smallest absolute Gasteiger partial charge is 0.416 e. The highest BCUT2D eigenvalue weighted by atomic mass is 19.4. The molecule has 3 rings (SSSR count). The normalized spacial score (nSPS) is 16.7. The fraction of sp³-hybridized carbons (Fsp3) is 0.409. The molecule has 156 valence electrons. The molecular formula is C22H25F3N2O2. The van der Waals surface area contributed by atoms with E-state index in [1.807, 2.05) is 39.0 Å². The highest BCUT2D eigenvalue weighted by molar-refractivity contribution is 5.68. The molecule has 1 aliphatic carbocycles. The van der Waals surface area contributed by atoms with Crippen LogP contribution < -0.4 is 10.6 Å². The summed E-state index contributed by atoms with van der Waals surface area (Å²) in [6.45, 7) is 5.48. The summed E-state index contributed by atoms with van der Waals surface area (Å²) in [6, 6.07) is 10.9. The first-order valence-electron chi connectivity index (χ1n) is 9.55. The highest BCUT2D eigenvalue weighted by Crippen LogP contribution is 2.31. The first kappa shape index (κ1) is 21.0. The topological polar surface area (TPSA) is 50.4 Å². The Morgan fingerprint density at radius 2 is 1.66 bits per heavy atom. The Morgan fingerprint density at radius 1 is 1.00 bits per heavy atom. The number of alkyl halides is 3. The fourth-order valence-corrected chi connectivity index (χ4v) is 3.34. The first-order chi connectivity index (χ1) is 13.5. The van der Waals surface area contributed by atoms with Gasteiger partial charge in [-0.1, -0.05) is 6.07 Å². The van der Waals surface area contributed by atoms with Crippen LogP contribution in [0.2, 0.25) is 0 Å². The van der Waals surface area contributed by atoms with Gasteiger partial charge in [-0.05, 0) is 87.6 Å². The molecule has 2 aromatic rings. The number of alkyl carbamates (subject to hydrolysis) is 1. The Kier molecular flexibility index (Phi) is 5.78. The molecule has 0 heterocycles. The van der Waals surface area contributed by atoms with Crippen molar-refractivity contribution in [1.82, 2.24) is 5.32 Å². The van der Waals surface area contributed by atoms with Crippen LogP contribution in [-0.2, 0) is 23.8 Å². The summed E-state index contributed by atoms with van der Waals surface area (Å²) in [4.78, 5) is 12.0. The number of nitrogens with one attached hydrogen (secondary N) is 2. The minimum Gasteiger partial charge on any atom is -0.444 e. The van der Waals surface area contributed by atoms with Crippen molar-refractivity contribution in [3.63, 3.8) is 0 Å². The number of amides is 1. The molecule has 1 atom stereocenters. The quantitative estimate of drug-likeness (QED) is 0.674. The largest absolute Gasteiger partial charge is 0.444 e. The van der Waals surface area contributed by atoms with Gasteiger partial charge >= 0.3 is 12.3 Å². The van der Waals surface area contributed by atoms with Crippen LogP contribution in [0, 0.1) is 0 Å². The molecule has 1 amide bonds. The van der Waals surface area contributed by atoms with Crippen molar-refractivity contribution in [1.29, 1.82) is 0 Å². The number of hydrogen-bond donors (Lipinski definition) is 2. The molecule has 0 radical (unpaired) electrons. The second-order valence-electron chi connectivity index (χ2n) is 8.27. The van der Waals surface area contributed by atoms with Gasteiger partial charge in [0, 0.05) is 17.4 Å². The zero-order valence-electron chi connectivity index (χ0n) is 16.7. The average molecular weight is 406 g/mol. The van der Waals surface area contributed by atoms with Crippen LogP contribution in [-0.4, -0.2) is 17.7 Å². The Hall–Kier alpha value is -2.70. The molecule has 1 aliphatic rings. The number of ether oxygens (including phenoxy) is 1. The minimum atomic E-state index is -4.34. The van der Waals surface area contributed by atoms with Crippen molar-refractivity contribution in [2.45, 2.75) is 57.9 Å². The number of hydrogen-bond acceptors (Lipinski definition) is 3. The molecule has 29 heavy (non-hydrogen) atoms. The molecule has 0 saturated heterocycles. The number of benzene rings is 2. The first-order valence-corrected chi connectivity index (χ1v) is 9.55. The molecule has 4 nitrogen and oxygen atoms in total. The van der Waals surface area contributed by atoms with Gasteiger partial charge in [0.2, 0.25) is 0 Å². The van der Waals surface area contributed by atoms with Crippen LogP contribution in [0.15, 0.2) is 42.5 Å². The summed E-state index contributed by atoms with van der Waals surface area (Å²) < 4.78 is 43.3. The van der Waals surface area contributed by atoms with Gasteiger partial charge in [0.05, 0.1) is 5.56 Å². The number of fused-ring (bicyclic) bond motifs is 1. The summed E-state index contributed by atoms with van der Waals surface area (Å²) >= 11 is 0. The van der Waals surface area contributed by atoms with E-state index in [0.29, 0.717) is 5.69 Å². The van der Waals surface area contributed by atoms with Gasteiger partial charge in [-0.25, -0.2) is 4.79 Å². The summed E-state index contributed by atoms with van der Waals surface area (Å²) in [5.41, 5.74) is 2.53. The average Bonchev–Trinajstić information content (AvgIpc) is 2.60. The van der Waals surface area contributed by atoms with E-state index < -0.39 is 23.4 Å². The fourth-order valence-electron chi connectivity index (χ4n) is 3.34. The van der Waals surface area contributed by atoms with Gasteiger partial charge in [-0.2, -0.15) is 13.2 Å². The second kappa shape index (κ2) is 7.97. The van der Waals surface area contributed by atoms with Crippen molar-refractivity contribution in [2.24, 2.45) is 0 Å². The Morgan fingerprint density at radius 3 is 2.28 bits per heavy atom. The van der Waals surface area contributed by atoms with Crippen LogP contribution >= 0.6 is 0 Å². The molecule has 0 bridgehead atoms. The Balaban J connectivity index is 1.62. The predicted octanol–water partition coefficient (Wildman–Crippen LogP) is 5.83. The van der Waals surface area contributed by atoms with Crippen LogP contribution in [0.4, 0.5) is 29.3 Å². The summed E-state index contributed by atoms with van der Waals surface area (Å²) in [5, 5.41) is 6.06. The molecular weight excluding hydrogens is 381 g/mol. The molecule has 0 aromatic heterocycles. The highest BCUT2D eigenvalue weighted by Gasteiger charge is 2.30. The van der Waals surface area contributed by atoms with Gasteiger partial charge in [0.15, 0.2) is 0 Å². The van der Waals surface area contributed by atoms with Crippen LogP contribution in [0.5, 0.6) is 0 Å². The van der Waals surface area contributed by atoms with E-state index in [0.717, 1.165) is 42.6 Å². The van der Waals surface area contributed by atoms with Gasteiger partial charge < -0.3 is 15.4 Å². The van der Waals surface area contributed by atoms with Gasteiger partial charge in [0.25, 0.3) is 0 Å². The van der Waals surface area contributed by atoms with Crippen molar-refractivity contribution in [3.05, 3.63) is 59.2 Å². The van der Waals surface area contributed by atoms with Crippen molar-refractivity contribution >= 4 is 17.5 Å². The molecule has 0 aliphatic heterocycles. The lowest BCUT2D eigenvalue weighted by molar-refractivity contribution is -0.137. The van der Waals surface area contributed by atoms with E-state index >= 15 is 0 Å². The summed E-state index contributed by atoms with van der Waals surface area (Å²) in [5.74, 6) is 0. The Labute approximate surface area is 168 Å².